The topological polar surface area (TPSA) is 64.8 Å². The molecule has 0 amide bonds. The van der Waals surface area contributed by atoms with Crippen LogP contribution in [0.1, 0.15) is 18.3 Å². The average molecular weight is 311 g/mol. The summed E-state index contributed by atoms with van der Waals surface area (Å²) < 4.78 is 26.4. The van der Waals surface area contributed by atoms with Crippen molar-refractivity contribution in [1.82, 2.24) is 14.8 Å². The summed E-state index contributed by atoms with van der Waals surface area (Å²) in [5.41, 5.74) is 1.03. The van der Waals surface area contributed by atoms with Gasteiger partial charge in [0.05, 0.1) is 4.90 Å². The molecule has 0 saturated carbocycles. The molecule has 1 aromatic heterocycles. The van der Waals surface area contributed by atoms with Gasteiger partial charge in [0.2, 0.25) is 0 Å². The molecule has 0 spiro atoms. The van der Waals surface area contributed by atoms with Gasteiger partial charge in [-0.3, -0.25) is 0 Å². The van der Waals surface area contributed by atoms with E-state index < -0.39 is 9.84 Å². The summed E-state index contributed by atoms with van der Waals surface area (Å²) in [6, 6.07) is 6.84. The number of hydrogen-bond donors (Lipinski definition) is 0. The molecule has 0 aliphatic rings. The Morgan fingerprint density at radius 3 is 2.45 bits per heavy atom. The van der Waals surface area contributed by atoms with E-state index in [0.29, 0.717) is 10.7 Å². The number of benzene rings is 1. The van der Waals surface area contributed by atoms with Crippen LogP contribution >= 0.6 is 11.8 Å². The first-order valence-electron chi connectivity index (χ1n) is 6.24. The summed E-state index contributed by atoms with van der Waals surface area (Å²) in [5, 5.41) is 8.72. The van der Waals surface area contributed by atoms with E-state index in [0.717, 1.165) is 16.5 Å². The fourth-order valence-electron chi connectivity index (χ4n) is 1.72. The number of hydrogen-bond acceptors (Lipinski definition) is 5. The number of thioether (sulfide) groups is 1. The molecular formula is C13H17N3O2S2. The van der Waals surface area contributed by atoms with Gasteiger partial charge in [0.25, 0.3) is 0 Å². The molecular weight excluding hydrogens is 294 g/mol. The van der Waals surface area contributed by atoms with Gasteiger partial charge >= 0.3 is 0 Å². The van der Waals surface area contributed by atoms with Crippen molar-refractivity contribution in [3.63, 3.8) is 0 Å². The van der Waals surface area contributed by atoms with Crippen LogP contribution in [0, 0.1) is 6.92 Å². The van der Waals surface area contributed by atoms with E-state index in [-0.39, 0.29) is 5.75 Å². The van der Waals surface area contributed by atoms with Crippen molar-refractivity contribution in [2.75, 3.05) is 5.75 Å². The minimum absolute atomic E-state index is 0.135. The van der Waals surface area contributed by atoms with Crippen LogP contribution in [-0.4, -0.2) is 28.9 Å². The highest BCUT2D eigenvalue weighted by molar-refractivity contribution is 7.99. The van der Waals surface area contributed by atoms with Gasteiger partial charge in [-0.15, -0.1) is 10.2 Å². The van der Waals surface area contributed by atoms with Gasteiger partial charge in [-0.05, 0) is 24.8 Å². The first kappa shape index (κ1) is 15.1. The molecule has 108 valence electrons. The fraction of sp³-hybridized carbons (Fsp3) is 0.385. The van der Waals surface area contributed by atoms with Crippen LogP contribution < -0.4 is 0 Å². The third-order valence-corrected chi connectivity index (χ3v) is 5.43. The number of nitrogens with zero attached hydrogens (tertiary/aromatic N) is 3. The Bertz CT molecular complexity index is 691. The molecule has 7 heteroatoms. The number of aryl methyl sites for hydroxylation is 1. The summed E-state index contributed by atoms with van der Waals surface area (Å²) in [5.74, 6) is 1.20. The number of aromatic nitrogens is 3. The van der Waals surface area contributed by atoms with Crippen molar-refractivity contribution in [1.29, 1.82) is 0 Å². The second-order valence-electron chi connectivity index (χ2n) is 4.46. The van der Waals surface area contributed by atoms with Crippen LogP contribution in [0.5, 0.6) is 0 Å². The second-order valence-corrected chi connectivity index (χ2v) is 7.68. The molecule has 1 heterocycles. The van der Waals surface area contributed by atoms with E-state index in [4.69, 9.17) is 0 Å². The number of rotatable bonds is 5. The maximum Gasteiger partial charge on any atom is 0.190 e. The predicted octanol–water partition coefficient (Wildman–Crippen LogP) is 2.21. The lowest BCUT2D eigenvalue weighted by Crippen LogP contribution is -2.09. The van der Waals surface area contributed by atoms with Crippen molar-refractivity contribution >= 4 is 21.6 Å². The third kappa shape index (κ3) is 3.21. The van der Waals surface area contributed by atoms with E-state index in [1.165, 1.54) is 0 Å². The van der Waals surface area contributed by atoms with Crippen molar-refractivity contribution in [2.45, 2.75) is 29.7 Å². The van der Waals surface area contributed by atoms with Crippen molar-refractivity contribution in [3.8, 4) is 0 Å². The van der Waals surface area contributed by atoms with Crippen LogP contribution in [0.25, 0.3) is 0 Å². The zero-order valence-corrected chi connectivity index (χ0v) is 13.3. The first-order valence-corrected chi connectivity index (χ1v) is 8.88. The minimum atomic E-state index is -3.39. The molecule has 2 rings (SSSR count). The molecule has 0 bridgehead atoms. The minimum Gasteiger partial charge on any atom is -0.308 e. The molecule has 5 nitrogen and oxygen atoms in total. The normalized spacial score (nSPS) is 11.8. The Labute approximate surface area is 123 Å². The summed E-state index contributed by atoms with van der Waals surface area (Å²) >= 11 is 1.54. The maximum absolute atomic E-state index is 12.3. The van der Waals surface area contributed by atoms with Crippen LogP contribution in [0.2, 0.25) is 0 Å². The SMILES string of the molecule is CCSc1nnc(CS(=O)(=O)c2ccc(C)cc2)n1C. The van der Waals surface area contributed by atoms with E-state index in [9.17, 15) is 8.42 Å². The van der Waals surface area contributed by atoms with Crippen LogP contribution in [-0.2, 0) is 22.6 Å². The van der Waals surface area contributed by atoms with Crippen molar-refractivity contribution < 1.29 is 8.42 Å². The first-order chi connectivity index (χ1) is 9.44. The van der Waals surface area contributed by atoms with Gasteiger partial charge in [-0.25, -0.2) is 8.42 Å². The van der Waals surface area contributed by atoms with Crippen molar-refractivity contribution in [3.05, 3.63) is 35.7 Å². The zero-order valence-electron chi connectivity index (χ0n) is 11.7. The standard InChI is InChI=1S/C13H17N3O2S2/c1-4-19-13-15-14-12(16(13)3)9-20(17,18)11-7-5-10(2)6-8-11/h5-8H,4,9H2,1-3H3. The van der Waals surface area contributed by atoms with Crippen LogP contribution in [0.4, 0.5) is 0 Å². The third-order valence-electron chi connectivity index (χ3n) is 2.90. The number of sulfone groups is 1. The predicted molar refractivity (Wildman–Crippen MR) is 79.5 cm³/mol. The lowest BCUT2D eigenvalue weighted by atomic mass is 10.2. The Morgan fingerprint density at radius 2 is 1.85 bits per heavy atom. The Kier molecular flexibility index (Phi) is 4.49. The molecule has 20 heavy (non-hydrogen) atoms. The monoisotopic (exact) mass is 311 g/mol. The molecule has 0 aliphatic carbocycles. The largest absolute Gasteiger partial charge is 0.308 e. The molecule has 0 fully saturated rings. The quantitative estimate of drug-likeness (QED) is 0.792. The molecule has 0 aliphatic heterocycles. The summed E-state index contributed by atoms with van der Waals surface area (Å²) in [4.78, 5) is 0.316. The van der Waals surface area contributed by atoms with Crippen LogP contribution in [0.3, 0.4) is 0 Å². The molecule has 0 atom stereocenters. The van der Waals surface area contributed by atoms with Gasteiger partial charge in [0.1, 0.15) is 11.6 Å². The Balaban J connectivity index is 2.26. The van der Waals surface area contributed by atoms with Crippen LogP contribution in [0.15, 0.2) is 34.3 Å². The Hall–Kier alpha value is -1.34. The van der Waals surface area contributed by atoms with E-state index in [1.807, 2.05) is 13.8 Å². The Morgan fingerprint density at radius 1 is 1.20 bits per heavy atom. The fourth-order valence-corrected chi connectivity index (χ4v) is 3.69. The molecule has 0 unspecified atom stereocenters. The lowest BCUT2D eigenvalue weighted by Gasteiger charge is -2.05. The van der Waals surface area contributed by atoms with E-state index in [1.54, 1.807) is 47.6 Å². The summed E-state index contributed by atoms with van der Waals surface area (Å²) in [7, 11) is -1.60. The average Bonchev–Trinajstić information content (AvgIpc) is 2.72. The van der Waals surface area contributed by atoms with Gasteiger partial charge in [0.15, 0.2) is 15.0 Å². The molecule has 1 aromatic carbocycles. The van der Waals surface area contributed by atoms with Gasteiger partial charge in [-0.1, -0.05) is 36.4 Å². The molecule has 2 aromatic rings. The highest BCUT2D eigenvalue weighted by Crippen LogP contribution is 2.19. The highest BCUT2D eigenvalue weighted by Gasteiger charge is 2.19. The van der Waals surface area contributed by atoms with Gasteiger partial charge < -0.3 is 4.57 Å². The van der Waals surface area contributed by atoms with E-state index in [2.05, 4.69) is 10.2 Å². The lowest BCUT2D eigenvalue weighted by molar-refractivity contribution is 0.591. The summed E-state index contributed by atoms with van der Waals surface area (Å²) in [6.07, 6.45) is 0. The molecule has 0 radical (unpaired) electrons. The zero-order chi connectivity index (χ0) is 14.8. The van der Waals surface area contributed by atoms with Gasteiger partial charge in [-0.2, -0.15) is 0 Å². The molecule has 0 saturated heterocycles. The van der Waals surface area contributed by atoms with E-state index >= 15 is 0 Å². The van der Waals surface area contributed by atoms with Crippen molar-refractivity contribution in [2.24, 2.45) is 7.05 Å². The highest BCUT2D eigenvalue weighted by atomic mass is 32.2. The summed E-state index contributed by atoms with van der Waals surface area (Å²) in [6.45, 7) is 3.94. The smallest absolute Gasteiger partial charge is 0.190 e. The van der Waals surface area contributed by atoms with Gasteiger partial charge in [0, 0.05) is 7.05 Å². The molecule has 0 N–H and O–H groups in total. The maximum atomic E-state index is 12.3. The second kappa shape index (κ2) is 5.97.